The van der Waals surface area contributed by atoms with Crippen LogP contribution in [0.1, 0.15) is 49.7 Å². The molecule has 7 heteroatoms. The van der Waals surface area contributed by atoms with Crippen LogP contribution < -0.4 is 16.4 Å². The van der Waals surface area contributed by atoms with Crippen molar-refractivity contribution in [2.45, 2.75) is 57.4 Å². The van der Waals surface area contributed by atoms with Crippen molar-refractivity contribution >= 4 is 28.6 Å². The van der Waals surface area contributed by atoms with E-state index in [9.17, 15) is 14.4 Å². The van der Waals surface area contributed by atoms with Gasteiger partial charge in [-0.3, -0.25) is 14.4 Å². The topological polar surface area (TPSA) is 117 Å². The Morgan fingerprint density at radius 3 is 2.38 bits per heavy atom. The summed E-state index contributed by atoms with van der Waals surface area (Å²) in [4.78, 5) is 39.4. The Balaban J connectivity index is 1.29. The van der Waals surface area contributed by atoms with E-state index in [2.05, 4.69) is 27.8 Å². The molecule has 3 aromatic rings. The van der Waals surface area contributed by atoms with E-state index in [0.717, 1.165) is 42.1 Å². The summed E-state index contributed by atoms with van der Waals surface area (Å²) in [5.74, 6) is -0.813. The maximum atomic E-state index is 12.3. The van der Waals surface area contributed by atoms with Crippen LogP contribution in [0.15, 0.2) is 60.8 Å². The second-order valence-electron chi connectivity index (χ2n) is 8.59. The Morgan fingerprint density at radius 2 is 1.59 bits per heavy atom. The summed E-state index contributed by atoms with van der Waals surface area (Å²) < 4.78 is 0. The first-order valence-electron chi connectivity index (χ1n) is 12.0. The third-order valence-electron chi connectivity index (χ3n) is 5.89. The molecule has 0 unspecified atom stereocenters. The fourth-order valence-electron chi connectivity index (χ4n) is 4.01. The second kappa shape index (κ2) is 13.2. The van der Waals surface area contributed by atoms with Gasteiger partial charge < -0.3 is 21.4 Å². The molecule has 0 saturated heterocycles. The maximum absolute atomic E-state index is 12.3. The zero-order valence-electron chi connectivity index (χ0n) is 19.5. The number of aromatic amines is 1. The predicted octanol–water partition coefficient (Wildman–Crippen LogP) is 3.38. The molecule has 3 amide bonds. The van der Waals surface area contributed by atoms with E-state index in [1.54, 1.807) is 0 Å². The van der Waals surface area contributed by atoms with Gasteiger partial charge >= 0.3 is 0 Å². The van der Waals surface area contributed by atoms with Gasteiger partial charge in [0, 0.05) is 42.9 Å². The average molecular weight is 463 g/mol. The largest absolute Gasteiger partial charge is 0.368 e. The molecule has 2 aromatic carbocycles. The van der Waals surface area contributed by atoms with Gasteiger partial charge in [-0.1, -0.05) is 55.0 Å². The first kappa shape index (κ1) is 25.0. The number of primary amides is 1. The van der Waals surface area contributed by atoms with E-state index in [-0.39, 0.29) is 18.2 Å². The van der Waals surface area contributed by atoms with Gasteiger partial charge in [0.15, 0.2) is 0 Å². The number of H-pyrrole nitrogens is 1. The number of carbonyl (C=O) groups is 3. The number of amides is 3. The Morgan fingerprint density at radius 1 is 0.853 bits per heavy atom. The van der Waals surface area contributed by atoms with Crippen molar-refractivity contribution in [2.75, 3.05) is 6.54 Å². The van der Waals surface area contributed by atoms with Crippen molar-refractivity contribution in [3.05, 3.63) is 71.9 Å². The molecule has 0 spiro atoms. The fourth-order valence-corrected chi connectivity index (χ4v) is 4.01. The quantitative estimate of drug-likeness (QED) is 0.275. The van der Waals surface area contributed by atoms with Crippen LogP contribution in [0.5, 0.6) is 0 Å². The van der Waals surface area contributed by atoms with Crippen molar-refractivity contribution in [1.29, 1.82) is 0 Å². The third kappa shape index (κ3) is 8.06. The van der Waals surface area contributed by atoms with E-state index in [4.69, 9.17) is 5.73 Å². The molecule has 0 bridgehead atoms. The van der Waals surface area contributed by atoms with Gasteiger partial charge in [0.25, 0.3) is 0 Å². The lowest BCUT2D eigenvalue weighted by atomic mass is 10.0. The highest BCUT2D eigenvalue weighted by atomic mass is 16.2. The number of hydrogen-bond donors (Lipinski definition) is 4. The monoisotopic (exact) mass is 462 g/mol. The number of aromatic nitrogens is 1. The molecule has 1 aromatic heterocycles. The molecule has 34 heavy (non-hydrogen) atoms. The number of para-hydroxylation sites is 1. The Hall–Kier alpha value is -3.61. The Kier molecular flexibility index (Phi) is 9.70. The summed E-state index contributed by atoms with van der Waals surface area (Å²) in [6.45, 7) is 0.431. The predicted molar refractivity (Wildman–Crippen MR) is 134 cm³/mol. The molecule has 0 fully saturated rings. The minimum Gasteiger partial charge on any atom is -0.368 e. The first-order valence-corrected chi connectivity index (χ1v) is 12.0. The number of nitrogens with one attached hydrogen (secondary N) is 3. The van der Waals surface area contributed by atoms with E-state index in [0.29, 0.717) is 25.8 Å². The number of benzene rings is 2. The Labute approximate surface area is 200 Å². The molecule has 1 atom stereocenters. The zero-order valence-corrected chi connectivity index (χ0v) is 19.5. The Bertz CT molecular complexity index is 1080. The fraction of sp³-hybridized carbons (Fsp3) is 0.370. The van der Waals surface area contributed by atoms with Crippen molar-refractivity contribution < 1.29 is 14.4 Å². The van der Waals surface area contributed by atoms with Crippen LogP contribution in [0.2, 0.25) is 0 Å². The SMILES string of the molecule is NC(=O)[C@H](Cc1c[nH]c2ccccc12)NC(=O)CCCNC(=O)CCCCCc1ccccc1. The molecule has 1 heterocycles. The molecule has 0 saturated carbocycles. The highest BCUT2D eigenvalue weighted by Crippen LogP contribution is 2.19. The van der Waals surface area contributed by atoms with Gasteiger partial charge in [0.1, 0.15) is 6.04 Å². The van der Waals surface area contributed by atoms with E-state index < -0.39 is 11.9 Å². The number of hydrogen-bond acceptors (Lipinski definition) is 3. The molecule has 3 rings (SSSR count). The number of aryl methyl sites for hydroxylation is 1. The van der Waals surface area contributed by atoms with Gasteiger partial charge in [-0.05, 0) is 42.9 Å². The molecule has 7 nitrogen and oxygen atoms in total. The number of unbranched alkanes of at least 4 members (excludes halogenated alkanes) is 2. The molecule has 0 aliphatic carbocycles. The molecule has 5 N–H and O–H groups in total. The number of carbonyl (C=O) groups excluding carboxylic acids is 3. The lowest BCUT2D eigenvalue weighted by Gasteiger charge is -2.15. The lowest BCUT2D eigenvalue weighted by molar-refractivity contribution is -0.127. The van der Waals surface area contributed by atoms with Crippen molar-refractivity contribution in [3.8, 4) is 0 Å². The minimum absolute atomic E-state index is 0.00877. The van der Waals surface area contributed by atoms with Gasteiger partial charge in [0.2, 0.25) is 17.7 Å². The third-order valence-corrected chi connectivity index (χ3v) is 5.89. The van der Waals surface area contributed by atoms with Crippen molar-refractivity contribution in [3.63, 3.8) is 0 Å². The van der Waals surface area contributed by atoms with Crippen LogP contribution in [0.25, 0.3) is 10.9 Å². The van der Waals surface area contributed by atoms with Gasteiger partial charge in [-0.25, -0.2) is 0 Å². The highest BCUT2D eigenvalue weighted by Gasteiger charge is 2.20. The average Bonchev–Trinajstić information content (AvgIpc) is 3.24. The van der Waals surface area contributed by atoms with E-state index in [1.165, 1.54) is 5.56 Å². The van der Waals surface area contributed by atoms with E-state index in [1.807, 2.05) is 48.7 Å². The maximum Gasteiger partial charge on any atom is 0.240 e. The standard InChI is InChI=1S/C27H34N4O3/c28-27(34)24(18-21-19-30-23-14-8-7-13-22(21)23)31-26(33)16-9-17-29-25(32)15-6-2-5-12-20-10-3-1-4-11-20/h1,3-4,7-8,10-11,13-14,19,24,30H,2,5-6,9,12,15-18H2,(H2,28,34)(H,29,32)(H,31,33)/t24-/m0/s1. The minimum atomic E-state index is -0.780. The summed E-state index contributed by atoms with van der Waals surface area (Å²) in [5, 5.41) is 6.60. The van der Waals surface area contributed by atoms with Gasteiger partial charge in [-0.2, -0.15) is 0 Å². The van der Waals surface area contributed by atoms with Gasteiger partial charge in [-0.15, -0.1) is 0 Å². The normalized spacial score (nSPS) is 11.8. The van der Waals surface area contributed by atoms with Crippen LogP contribution in [-0.4, -0.2) is 35.3 Å². The number of fused-ring (bicyclic) bond motifs is 1. The van der Waals surface area contributed by atoms with Crippen LogP contribution in [0.3, 0.4) is 0 Å². The lowest BCUT2D eigenvalue weighted by Crippen LogP contribution is -2.45. The molecular weight excluding hydrogens is 428 g/mol. The van der Waals surface area contributed by atoms with Crippen LogP contribution in [-0.2, 0) is 27.2 Å². The summed E-state index contributed by atoms with van der Waals surface area (Å²) in [6, 6.07) is 17.3. The summed E-state index contributed by atoms with van der Waals surface area (Å²) in [5.41, 5.74) is 8.74. The van der Waals surface area contributed by atoms with Crippen LogP contribution in [0, 0.1) is 0 Å². The molecule has 0 aliphatic rings. The van der Waals surface area contributed by atoms with Crippen molar-refractivity contribution in [1.82, 2.24) is 15.6 Å². The molecular formula is C27H34N4O3. The zero-order chi connectivity index (χ0) is 24.2. The van der Waals surface area contributed by atoms with Crippen molar-refractivity contribution in [2.24, 2.45) is 5.73 Å². The summed E-state index contributed by atoms with van der Waals surface area (Å²) >= 11 is 0. The van der Waals surface area contributed by atoms with E-state index >= 15 is 0 Å². The second-order valence-corrected chi connectivity index (χ2v) is 8.59. The number of rotatable bonds is 14. The van der Waals surface area contributed by atoms with Gasteiger partial charge in [0.05, 0.1) is 0 Å². The van der Waals surface area contributed by atoms with Crippen LogP contribution >= 0.6 is 0 Å². The molecule has 0 radical (unpaired) electrons. The summed E-state index contributed by atoms with van der Waals surface area (Å²) in [7, 11) is 0. The molecule has 180 valence electrons. The smallest absolute Gasteiger partial charge is 0.240 e. The summed E-state index contributed by atoms with van der Waals surface area (Å²) in [6.07, 6.45) is 7.34. The van der Waals surface area contributed by atoms with Crippen LogP contribution in [0.4, 0.5) is 0 Å². The highest BCUT2D eigenvalue weighted by molar-refractivity contribution is 5.88. The molecule has 0 aliphatic heterocycles. The first-order chi connectivity index (χ1) is 16.5. The number of nitrogens with two attached hydrogens (primary N) is 1.